The molecule has 1 aliphatic carbocycles. The van der Waals surface area contributed by atoms with Crippen LogP contribution in [0, 0.1) is 5.92 Å². The summed E-state index contributed by atoms with van der Waals surface area (Å²) in [4.78, 5) is 15.6. The Morgan fingerprint density at radius 2 is 1.79 bits per heavy atom. The first-order valence-corrected chi connectivity index (χ1v) is 9.73. The van der Waals surface area contributed by atoms with E-state index in [1.807, 2.05) is 19.2 Å². The molecule has 1 saturated heterocycles. The van der Waals surface area contributed by atoms with Crippen LogP contribution in [0.15, 0.2) is 24.3 Å². The topological polar surface area (TPSA) is 32.3 Å². The first-order chi connectivity index (χ1) is 11.7. The average molecular weight is 349 g/mol. The van der Waals surface area contributed by atoms with Gasteiger partial charge in [0.25, 0.3) is 0 Å². The van der Waals surface area contributed by atoms with E-state index < -0.39 is 0 Å². The fraction of sp³-hybridized carbons (Fsp3) is 0.650. The van der Waals surface area contributed by atoms with Crippen LogP contribution < -0.4 is 5.32 Å². The van der Waals surface area contributed by atoms with E-state index in [0.717, 1.165) is 68.7 Å². The van der Waals surface area contributed by atoms with Crippen molar-refractivity contribution in [1.82, 2.24) is 10.2 Å². The molecule has 0 aromatic heterocycles. The summed E-state index contributed by atoms with van der Waals surface area (Å²) < 4.78 is 0. The lowest BCUT2D eigenvalue weighted by atomic mass is 9.68. The van der Waals surface area contributed by atoms with Crippen LogP contribution in [-0.2, 0) is 10.2 Å². The molecule has 1 aliphatic heterocycles. The van der Waals surface area contributed by atoms with Gasteiger partial charge in [0.1, 0.15) is 0 Å². The number of piperidine rings is 1. The number of likely N-dealkylation sites (tertiary alicyclic amines) is 1. The molecule has 3 rings (SSSR count). The number of amides is 1. The molecule has 24 heavy (non-hydrogen) atoms. The van der Waals surface area contributed by atoms with Gasteiger partial charge in [-0.3, -0.25) is 4.79 Å². The zero-order chi connectivity index (χ0) is 17.0. The minimum atomic E-state index is -0.321. The number of hydrogen-bond donors (Lipinski definition) is 1. The highest BCUT2D eigenvalue weighted by atomic mass is 35.5. The van der Waals surface area contributed by atoms with E-state index in [2.05, 4.69) is 22.3 Å². The van der Waals surface area contributed by atoms with Crippen molar-refractivity contribution < 1.29 is 4.79 Å². The second kappa shape index (κ2) is 7.88. The van der Waals surface area contributed by atoms with E-state index in [0.29, 0.717) is 11.8 Å². The molecule has 1 heterocycles. The summed E-state index contributed by atoms with van der Waals surface area (Å²) in [6.45, 7) is 2.87. The van der Waals surface area contributed by atoms with Gasteiger partial charge in [-0.05, 0) is 62.9 Å². The summed E-state index contributed by atoms with van der Waals surface area (Å²) in [7, 11) is 2.01. The largest absolute Gasteiger partial charge is 0.342 e. The Balaban J connectivity index is 1.79. The number of carbonyl (C=O) groups is 1. The maximum atomic E-state index is 13.5. The van der Waals surface area contributed by atoms with Crippen molar-refractivity contribution >= 4 is 17.5 Å². The minimum Gasteiger partial charge on any atom is -0.342 e. The predicted octanol–water partition coefficient (Wildman–Crippen LogP) is 4.00. The van der Waals surface area contributed by atoms with Crippen LogP contribution in [-0.4, -0.2) is 37.5 Å². The Bertz CT molecular complexity index is 543. The SMILES string of the molecule is CNCC1CCN(C(=O)C2(c3ccc(Cl)cc3)CCCCC2)CC1. The van der Waals surface area contributed by atoms with Crippen molar-refractivity contribution in [2.24, 2.45) is 5.92 Å². The molecule has 1 amide bonds. The Hall–Kier alpha value is -1.06. The normalized spacial score (nSPS) is 21.7. The van der Waals surface area contributed by atoms with Gasteiger partial charge in [-0.25, -0.2) is 0 Å². The van der Waals surface area contributed by atoms with Crippen LogP contribution in [0.1, 0.15) is 50.5 Å². The van der Waals surface area contributed by atoms with Gasteiger partial charge >= 0.3 is 0 Å². The van der Waals surface area contributed by atoms with Crippen molar-refractivity contribution in [1.29, 1.82) is 0 Å². The first kappa shape index (κ1) is 17.8. The maximum absolute atomic E-state index is 13.5. The summed E-state index contributed by atoms with van der Waals surface area (Å²) in [5.41, 5.74) is 0.840. The number of nitrogens with zero attached hydrogens (tertiary/aromatic N) is 1. The molecule has 2 fully saturated rings. The van der Waals surface area contributed by atoms with Crippen LogP contribution in [0.4, 0.5) is 0 Å². The van der Waals surface area contributed by atoms with E-state index >= 15 is 0 Å². The molecule has 0 spiro atoms. The summed E-state index contributed by atoms with van der Waals surface area (Å²) in [6.07, 6.45) is 7.71. The number of carbonyl (C=O) groups excluding carboxylic acids is 1. The third kappa shape index (κ3) is 3.62. The Labute approximate surface area is 150 Å². The second-order valence-electron chi connectivity index (χ2n) is 7.44. The van der Waals surface area contributed by atoms with Crippen molar-refractivity contribution in [3.05, 3.63) is 34.9 Å². The maximum Gasteiger partial charge on any atom is 0.233 e. The Kier molecular flexibility index (Phi) is 5.83. The minimum absolute atomic E-state index is 0.321. The lowest BCUT2D eigenvalue weighted by Crippen LogP contribution is -2.51. The molecule has 1 aromatic carbocycles. The highest BCUT2D eigenvalue weighted by Gasteiger charge is 2.44. The summed E-state index contributed by atoms with van der Waals surface area (Å²) in [6, 6.07) is 8.00. The number of benzene rings is 1. The van der Waals surface area contributed by atoms with Gasteiger partial charge in [-0.1, -0.05) is 43.0 Å². The smallest absolute Gasteiger partial charge is 0.233 e. The molecular formula is C20H29ClN2O. The van der Waals surface area contributed by atoms with Gasteiger partial charge in [0.15, 0.2) is 0 Å². The van der Waals surface area contributed by atoms with Crippen molar-refractivity contribution in [2.45, 2.75) is 50.4 Å². The fourth-order valence-corrected chi connectivity index (χ4v) is 4.61. The molecule has 2 aliphatic rings. The second-order valence-corrected chi connectivity index (χ2v) is 7.88. The molecular weight excluding hydrogens is 320 g/mol. The van der Waals surface area contributed by atoms with Gasteiger partial charge in [0, 0.05) is 18.1 Å². The van der Waals surface area contributed by atoms with E-state index in [1.165, 1.54) is 6.42 Å². The molecule has 1 saturated carbocycles. The molecule has 132 valence electrons. The molecule has 0 atom stereocenters. The van der Waals surface area contributed by atoms with Gasteiger partial charge in [-0.2, -0.15) is 0 Å². The standard InChI is InChI=1S/C20H29ClN2O/c1-22-15-16-9-13-23(14-10-16)19(24)20(11-3-2-4-12-20)17-5-7-18(21)8-6-17/h5-8,16,22H,2-4,9-15H2,1H3. The molecule has 0 unspecified atom stereocenters. The van der Waals surface area contributed by atoms with Gasteiger partial charge < -0.3 is 10.2 Å². The number of rotatable bonds is 4. The quantitative estimate of drug-likeness (QED) is 0.892. The molecule has 1 N–H and O–H groups in total. The van der Waals surface area contributed by atoms with Crippen molar-refractivity contribution in [3.8, 4) is 0 Å². The molecule has 3 nitrogen and oxygen atoms in total. The summed E-state index contributed by atoms with van der Waals surface area (Å²) in [5, 5.41) is 4.01. The van der Waals surface area contributed by atoms with E-state index in [1.54, 1.807) is 0 Å². The third-order valence-corrected chi connectivity index (χ3v) is 6.16. The Morgan fingerprint density at radius 3 is 2.38 bits per heavy atom. The zero-order valence-corrected chi connectivity index (χ0v) is 15.4. The number of nitrogens with one attached hydrogen (secondary N) is 1. The van der Waals surface area contributed by atoms with Crippen LogP contribution >= 0.6 is 11.6 Å². The lowest BCUT2D eigenvalue weighted by molar-refractivity contribution is -0.140. The van der Waals surface area contributed by atoms with Crippen molar-refractivity contribution in [2.75, 3.05) is 26.7 Å². The number of halogens is 1. The molecule has 0 radical (unpaired) electrons. The molecule has 4 heteroatoms. The van der Waals surface area contributed by atoms with E-state index in [-0.39, 0.29) is 5.41 Å². The zero-order valence-electron chi connectivity index (χ0n) is 14.7. The van der Waals surface area contributed by atoms with Crippen LogP contribution in [0.5, 0.6) is 0 Å². The predicted molar refractivity (Wildman–Crippen MR) is 99.4 cm³/mol. The van der Waals surface area contributed by atoms with E-state index in [9.17, 15) is 4.79 Å². The first-order valence-electron chi connectivity index (χ1n) is 9.36. The third-order valence-electron chi connectivity index (χ3n) is 5.91. The van der Waals surface area contributed by atoms with Gasteiger partial charge in [0.05, 0.1) is 5.41 Å². The van der Waals surface area contributed by atoms with Crippen LogP contribution in [0.2, 0.25) is 5.02 Å². The summed E-state index contributed by atoms with van der Waals surface area (Å²) in [5.74, 6) is 1.06. The summed E-state index contributed by atoms with van der Waals surface area (Å²) >= 11 is 6.07. The number of hydrogen-bond acceptors (Lipinski definition) is 2. The van der Waals surface area contributed by atoms with Gasteiger partial charge in [-0.15, -0.1) is 0 Å². The van der Waals surface area contributed by atoms with Crippen molar-refractivity contribution in [3.63, 3.8) is 0 Å². The van der Waals surface area contributed by atoms with Crippen LogP contribution in [0.3, 0.4) is 0 Å². The fourth-order valence-electron chi connectivity index (χ4n) is 4.48. The van der Waals surface area contributed by atoms with E-state index in [4.69, 9.17) is 11.6 Å². The molecule has 1 aromatic rings. The highest BCUT2D eigenvalue weighted by molar-refractivity contribution is 6.30. The molecule has 0 bridgehead atoms. The average Bonchev–Trinajstić information content (AvgIpc) is 2.63. The Morgan fingerprint density at radius 1 is 1.17 bits per heavy atom. The lowest BCUT2D eigenvalue weighted by Gasteiger charge is -2.42. The van der Waals surface area contributed by atoms with Gasteiger partial charge in [0.2, 0.25) is 5.91 Å². The highest BCUT2D eigenvalue weighted by Crippen LogP contribution is 2.42. The monoisotopic (exact) mass is 348 g/mol. The van der Waals surface area contributed by atoms with Crippen LogP contribution in [0.25, 0.3) is 0 Å².